The summed E-state index contributed by atoms with van der Waals surface area (Å²) in [5.74, 6) is 1.16. The lowest BCUT2D eigenvalue weighted by Gasteiger charge is -2.29. The summed E-state index contributed by atoms with van der Waals surface area (Å²) >= 11 is 0. The van der Waals surface area contributed by atoms with E-state index >= 15 is 0 Å². The summed E-state index contributed by atoms with van der Waals surface area (Å²) in [6.07, 6.45) is 5.92. The monoisotopic (exact) mass is 206 g/mol. The number of phenols is 1. The van der Waals surface area contributed by atoms with Gasteiger partial charge in [0, 0.05) is 0 Å². The highest BCUT2D eigenvalue weighted by atomic mass is 16.5. The quantitative estimate of drug-likeness (QED) is 0.820. The maximum atomic E-state index is 9.18. The highest BCUT2D eigenvalue weighted by Gasteiger charge is 2.33. The topological polar surface area (TPSA) is 29.5 Å². The molecule has 1 saturated carbocycles. The van der Waals surface area contributed by atoms with Crippen LogP contribution in [-0.2, 0) is 0 Å². The molecule has 1 aromatic carbocycles. The molecule has 1 aliphatic carbocycles. The van der Waals surface area contributed by atoms with Gasteiger partial charge in [-0.2, -0.15) is 0 Å². The van der Waals surface area contributed by atoms with Gasteiger partial charge in [-0.25, -0.2) is 0 Å². The number of ether oxygens (including phenoxy) is 1. The molecule has 82 valence electrons. The lowest BCUT2D eigenvalue weighted by molar-refractivity contribution is 0.0720. The van der Waals surface area contributed by atoms with Crippen molar-refractivity contribution in [1.29, 1.82) is 0 Å². The summed E-state index contributed by atoms with van der Waals surface area (Å²) in [5.41, 5.74) is 0.0526. The predicted octanol–water partition coefficient (Wildman–Crippen LogP) is 3.49. The molecule has 15 heavy (non-hydrogen) atoms. The number of aromatic hydroxyl groups is 1. The molecule has 0 aromatic heterocycles. The first kappa shape index (κ1) is 10.3. The van der Waals surface area contributed by atoms with E-state index in [1.807, 2.05) is 12.1 Å². The molecule has 0 atom stereocenters. The highest BCUT2D eigenvalue weighted by Crippen LogP contribution is 2.37. The molecule has 0 unspecified atom stereocenters. The van der Waals surface area contributed by atoms with Crippen molar-refractivity contribution in [2.75, 3.05) is 0 Å². The summed E-state index contributed by atoms with van der Waals surface area (Å²) in [6, 6.07) is 7.03. The first-order valence-electron chi connectivity index (χ1n) is 5.72. The van der Waals surface area contributed by atoms with E-state index in [9.17, 15) is 5.11 Å². The lowest BCUT2D eigenvalue weighted by Crippen LogP contribution is -2.31. The minimum atomic E-state index is 0.0526. The Morgan fingerprint density at radius 3 is 2.33 bits per heavy atom. The van der Waals surface area contributed by atoms with Crippen LogP contribution >= 0.6 is 0 Å². The molecule has 1 N–H and O–H groups in total. The second-order valence-electron chi connectivity index (χ2n) is 4.34. The van der Waals surface area contributed by atoms with Crippen LogP contribution in [0.25, 0.3) is 0 Å². The summed E-state index contributed by atoms with van der Waals surface area (Å²) in [7, 11) is 0. The van der Waals surface area contributed by atoms with Crippen molar-refractivity contribution >= 4 is 0 Å². The Bertz CT molecular complexity index is 310. The molecule has 2 nitrogen and oxygen atoms in total. The van der Waals surface area contributed by atoms with Crippen LogP contribution in [-0.4, -0.2) is 10.7 Å². The zero-order valence-corrected chi connectivity index (χ0v) is 9.20. The van der Waals surface area contributed by atoms with Gasteiger partial charge in [-0.3, -0.25) is 0 Å². The van der Waals surface area contributed by atoms with Crippen molar-refractivity contribution in [3.8, 4) is 11.5 Å². The predicted molar refractivity (Wildman–Crippen MR) is 60.2 cm³/mol. The average molecular weight is 206 g/mol. The standard InChI is InChI=1S/C13H18O2/c1-2-13(9-3-4-10-13)15-12-7-5-11(14)6-8-12/h5-8,14H,2-4,9-10H2,1H3. The van der Waals surface area contributed by atoms with Gasteiger partial charge in [0.15, 0.2) is 0 Å². The van der Waals surface area contributed by atoms with Gasteiger partial charge in [0.1, 0.15) is 17.1 Å². The zero-order chi connectivity index (χ0) is 10.7. The molecule has 2 heteroatoms. The van der Waals surface area contributed by atoms with Crippen LogP contribution in [0.1, 0.15) is 39.0 Å². The Balaban J connectivity index is 2.09. The highest BCUT2D eigenvalue weighted by molar-refractivity contribution is 5.30. The van der Waals surface area contributed by atoms with Crippen molar-refractivity contribution in [3.05, 3.63) is 24.3 Å². The number of hydrogen-bond donors (Lipinski definition) is 1. The van der Waals surface area contributed by atoms with Crippen LogP contribution in [0.5, 0.6) is 11.5 Å². The number of benzene rings is 1. The minimum absolute atomic E-state index is 0.0526. The van der Waals surface area contributed by atoms with E-state index in [0.29, 0.717) is 5.75 Å². The van der Waals surface area contributed by atoms with Crippen LogP contribution in [0, 0.1) is 0 Å². The van der Waals surface area contributed by atoms with Gasteiger partial charge in [-0.15, -0.1) is 0 Å². The normalized spacial score (nSPS) is 19.0. The van der Waals surface area contributed by atoms with Gasteiger partial charge < -0.3 is 9.84 Å². The van der Waals surface area contributed by atoms with Gasteiger partial charge in [0.25, 0.3) is 0 Å². The Morgan fingerprint density at radius 1 is 1.20 bits per heavy atom. The first-order chi connectivity index (χ1) is 7.24. The molecule has 0 heterocycles. The molecule has 0 aliphatic heterocycles. The van der Waals surface area contributed by atoms with Crippen LogP contribution in [0.3, 0.4) is 0 Å². The number of rotatable bonds is 3. The Kier molecular flexibility index (Phi) is 2.85. The Labute approximate surface area is 90.9 Å². The minimum Gasteiger partial charge on any atom is -0.508 e. The summed E-state index contributed by atoms with van der Waals surface area (Å²) in [6.45, 7) is 2.19. The Hall–Kier alpha value is -1.18. The van der Waals surface area contributed by atoms with Crippen molar-refractivity contribution in [3.63, 3.8) is 0 Å². The van der Waals surface area contributed by atoms with Gasteiger partial charge >= 0.3 is 0 Å². The van der Waals surface area contributed by atoms with Crippen molar-refractivity contribution in [2.24, 2.45) is 0 Å². The van der Waals surface area contributed by atoms with E-state index in [2.05, 4.69) is 6.92 Å². The van der Waals surface area contributed by atoms with Crippen molar-refractivity contribution in [1.82, 2.24) is 0 Å². The molecule has 0 spiro atoms. The summed E-state index contributed by atoms with van der Waals surface area (Å²) in [5, 5.41) is 9.18. The molecule has 0 bridgehead atoms. The fraction of sp³-hybridized carbons (Fsp3) is 0.538. The molecule has 0 amide bonds. The maximum absolute atomic E-state index is 9.18. The summed E-state index contributed by atoms with van der Waals surface area (Å²) in [4.78, 5) is 0. The van der Waals surface area contributed by atoms with E-state index in [0.717, 1.165) is 25.0 Å². The lowest BCUT2D eigenvalue weighted by atomic mass is 9.99. The first-order valence-corrected chi connectivity index (χ1v) is 5.72. The largest absolute Gasteiger partial charge is 0.508 e. The second-order valence-corrected chi connectivity index (χ2v) is 4.34. The van der Waals surface area contributed by atoms with Crippen LogP contribution in [0.15, 0.2) is 24.3 Å². The van der Waals surface area contributed by atoms with E-state index < -0.39 is 0 Å². The second kappa shape index (κ2) is 4.13. The molecule has 1 fully saturated rings. The fourth-order valence-electron chi connectivity index (χ4n) is 2.31. The van der Waals surface area contributed by atoms with Crippen LogP contribution < -0.4 is 4.74 Å². The third-order valence-corrected chi connectivity index (χ3v) is 3.33. The summed E-state index contributed by atoms with van der Waals surface area (Å²) < 4.78 is 6.06. The average Bonchev–Trinajstić information content (AvgIpc) is 2.71. The van der Waals surface area contributed by atoms with Gasteiger partial charge in [-0.1, -0.05) is 6.92 Å². The van der Waals surface area contributed by atoms with E-state index in [1.165, 1.54) is 12.8 Å². The van der Waals surface area contributed by atoms with Gasteiger partial charge in [-0.05, 0) is 56.4 Å². The fourth-order valence-corrected chi connectivity index (χ4v) is 2.31. The van der Waals surface area contributed by atoms with E-state index in [1.54, 1.807) is 12.1 Å². The Morgan fingerprint density at radius 2 is 1.80 bits per heavy atom. The zero-order valence-electron chi connectivity index (χ0n) is 9.20. The number of hydrogen-bond acceptors (Lipinski definition) is 2. The third-order valence-electron chi connectivity index (χ3n) is 3.33. The van der Waals surface area contributed by atoms with Crippen LogP contribution in [0.2, 0.25) is 0 Å². The molecule has 2 rings (SSSR count). The molecule has 0 radical (unpaired) electrons. The van der Waals surface area contributed by atoms with E-state index in [-0.39, 0.29) is 5.60 Å². The van der Waals surface area contributed by atoms with Gasteiger partial charge in [0.2, 0.25) is 0 Å². The van der Waals surface area contributed by atoms with Crippen molar-refractivity contribution < 1.29 is 9.84 Å². The molecule has 1 aliphatic rings. The van der Waals surface area contributed by atoms with Gasteiger partial charge in [0.05, 0.1) is 0 Å². The molecule has 1 aromatic rings. The molecule has 0 saturated heterocycles. The van der Waals surface area contributed by atoms with Crippen LogP contribution in [0.4, 0.5) is 0 Å². The number of phenolic OH excluding ortho intramolecular Hbond substituents is 1. The smallest absolute Gasteiger partial charge is 0.120 e. The molecular formula is C13H18O2. The SMILES string of the molecule is CCC1(Oc2ccc(O)cc2)CCCC1. The third kappa shape index (κ3) is 2.25. The maximum Gasteiger partial charge on any atom is 0.120 e. The van der Waals surface area contributed by atoms with Crippen molar-refractivity contribution in [2.45, 2.75) is 44.6 Å². The van der Waals surface area contributed by atoms with E-state index in [4.69, 9.17) is 4.74 Å². The molecular weight excluding hydrogens is 188 g/mol.